The fourth-order valence-corrected chi connectivity index (χ4v) is 9.12. The van der Waals surface area contributed by atoms with Gasteiger partial charge in [-0.3, -0.25) is 14.6 Å². The average molecular weight is 873 g/mol. The molecule has 5 heterocycles. The number of carbonyl (C=O) groups excluding carboxylic acids is 1. The van der Waals surface area contributed by atoms with Crippen LogP contribution in [0.15, 0.2) is 96.8 Å². The monoisotopic (exact) mass is 873 g/mol. The third kappa shape index (κ3) is 18.2. The lowest BCUT2D eigenvalue weighted by Crippen LogP contribution is -2.32. The normalized spacial score (nSPS) is 14.9. The van der Waals surface area contributed by atoms with Gasteiger partial charge in [-0.1, -0.05) is 39.2 Å². The van der Waals surface area contributed by atoms with Crippen LogP contribution in [0.1, 0.15) is 188 Å². The Morgan fingerprint density at radius 2 is 1.27 bits per heavy atom. The van der Waals surface area contributed by atoms with E-state index in [1.54, 1.807) is 0 Å². The van der Waals surface area contributed by atoms with E-state index in [-0.39, 0.29) is 18.5 Å². The Balaban J connectivity index is 0.915. The van der Waals surface area contributed by atoms with Crippen molar-refractivity contribution >= 4 is 24.3 Å². The highest BCUT2D eigenvalue weighted by Gasteiger charge is 2.26. The second-order valence-electron chi connectivity index (χ2n) is 18.1. The molecular weight excluding hydrogens is 795 g/mol. The number of nitrogens with zero attached hydrogens (tertiary/aromatic N) is 6. The predicted molar refractivity (Wildman–Crippen MR) is 257 cm³/mol. The fourth-order valence-electron chi connectivity index (χ4n) is 9.12. The summed E-state index contributed by atoms with van der Waals surface area (Å²) < 4.78 is 6.79. The van der Waals surface area contributed by atoms with E-state index in [9.17, 15) is 9.59 Å². The molecular formula is C54H78N7O3+3. The highest BCUT2D eigenvalue weighted by atomic mass is 16.4. The van der Waals surface area contributed by atoms with Crippen molar-refractivity contribution in [3.63, 3.8) is 0 Å². The topological polar surface area (TPSA) is 115 Å². The van der Waals surface area contributed by atoms with Gasteiger partial charge in [-0.2, -0.15) is 0 Å². The minimum atomic E-state index is -0.706. The summed E-state index contributed by atoms with van der Waals surface area (Å²) in [5.41, 5.74) is 6.27. The minimum Gasteiger partial charge on any atom is -0.481 e. The lowest BCUT2D eigenvalue weighted by molar-refractivity contribution is -0.697. The highest BCUT2D eigenvalue weighted by molar-refractivity contribution is 6.14. The van der Waals surface area contributed by atoms with Crippen LogP contribution in [0.2, 0.25) is 0 Å². The fraction of sp³-hybridized carbons (Fsp3) is 0.556. The highest BCUT2D eigenvalue weighted by Crippen LogP contribution is 2.33. The zero-order valence-electron chi connectivity index (χ0n) is 39.3. The number of aryl methyl sites for hydroxylation is 3. The van der Waals surface area contributed by atoms with Crippen molar-refractivity contribution in [3.05, 3.63) is 120 Å². The maximum absolute atomic E-state index is 12.5. The molecule has 0 aliphatic carbocycles. The van der Waals surface area contributed by atoms with E-state index in [4.69, 9.17) is 5.11 Å². The number of pyridine rings is 4. The maximum Gasteiger partial charge on any atom is 0.303 e. The number of hydrogen-bond acceptors (Lipinski definition) is 5. The van der Waals surface area contributed by atoms with Gasteiger partial charge < -0.3 is 10.4 Å². The molecule has 4 unspecified atom stereocenters. The third-order valence-corrected chi connectivity index (χ3v) is 13.1. The molecule has 0 radical (unpaired) electrons. The van der Waals surface area contributed by atoms with Crippen LogP contribution in [0, 0.1) is 6.92 Å². The predicted octanol–water partition coefficient (Wildman–Crippen LogP) is 10.5. The molecule has 1 aliphatic heterocycles. The lowest BCUT2D eigenvalue weighted by atomic mass is 9.85. The minimum absolute atomic E-state index is 0.00716. The van der Waals surface area contributed by atoms with Crippen LogP contribution in [0.3, 0.4) is 0 Å². The van der Waals surface area contributed by atoms with E-state index in [1.165, 1.54) is 55.2 Å². The van der Waals surface area contributed by atoms with E-state index in [2.05, 4.69) is 121 Å². The summed E-state index contributed by atoms with van der Waals surface area (Å²) in [6.07, 6.45) is 36.0. The van der Waals surface area contributed by atoms with Gasteiger partial charge in [0.15, 0.2) is 31.0 Å². The van der Waals surface area contributed by atoms with Gasteiger partial charge in [-0.25, -0.2) is 23.7 Å². The second kappa shape index (κ2) is 28.6. The number of aromatic nitrogens is 4. The number of hydrogen-bond donors (Lipinski definition) is 2. The molecule has 10 heteroatoms. The number of carboxylic acid groups (broad SMARTS) is 1. The molecule has 4 atom stereocenters. The summed E-state index contributed by atoms with van der Waals surface area (Å²) in [4.78, 5) is 36.8. The van der Waals surface area contributed by atoms with Gasteiger partial charge >= 0.3 is 5.97 Å². The van der Waals surface area contributed by atoms with Gasteiger partial charge in [0.1, 0.15) is 25.3 Å². The summed E-state index contributed by atoms with van der Waals surface area (Å²) in [7, 11) is 0. The number of unbranched alkanes of at least 4 members (excludes halogenated alkanes) is 7. The number of carbonyl (C=O) groups is 2. The van der Waals surface area contributed by atoms with Crippen LogP contribution in [0.4, 0.5) is 0 Å². The second-order valence-corrected chi connectivity index (χ2v) is 18.1. The van der Waals surface area contributed by atoms with Crippen molar-refractivity contribution in [2.75, 3.05) is 13.1 Å². The van der Waals surface area contributed by atoms with E-state index < -0.39 is 5.97 Å². The van der Waals surface area contributed by atoms with Gasteiger partial charge in [0.25, 0.3) is 6.17 Å². The summed E-state index contributed by atoms with van der Waals surface area (Å²) in [6.45, 7) is 10.3. The van der Waals surface area contributed by atoms with Gasteiger partial charge in [0.2, 0.25) is 5.91 Å². The third-order valence-electron chi connectivity index (χ3n) is 13.1. The molecule has 64 heavy (non-hydrogen) atoms. The van der Waals surface area contributed by atoms with Crippen LogP contribution >= 0.6 is 0 Å². The molecule has 2 N–H and O–H groups in total. The smallest absolute Gasteiger partial charge is 0.303 e. The van der Waals surface area contributed by atoms with Gasteiger partial charge in [-0.05, 0) is 136 Å². The first kappa shape index (κ1) is 49.9. The molecule has 0 bridgehead atoms. The molecule has 0 aromatic carbocycles. The Labute approximate surface area is 384 Å². The van der Waals surface area contributed by atoms with E-state index in [1.807, 2.05) is 37.7 Å². The zero-order valence-corrected chi connectivity index (χ0v) is 39.3. The van der Waals surface area contributed by atoms with E-state index in [0.29, 0.717) is 24.2 Å². The van der Waals surface area contributed by atoms with Crippen LogP contribution in [0.25, 0.3) is 0 Å². The maximum atomic E-state index is 12.5. The first-order chi connectivity index (χ1) is 31.3. The van der Waals surface area contributed by atoms with E-state index >= 15 is 0 Å². The summed E-state index contributed by atoms with van der Waals surface area (Å²) in [5.74, 6) is 1.09. The van der Waals surface area contributed by atoms with Crippen molar-refractivity contribution in [1.29, 1.82) is 0 Å². The Kier molecular flexibility index (Phi) is 22.3. The Morgan fingerprint density at radius 3 is 1.94 bits per heavy atom. The van der Waals surface area contributed by atoms with Crippen molar-refractivity contribution in [3.8, 4) is 0 Å². The molecule has 0 saturated heterocycles. The molecule has 344 valence electrons. The molecule has 10 nitrogen and oxygen atoms in total. The van der Waals surface area contributed by atoms with Crippen molar-refractivity contribution < 1.29 is 28.4 Å². The first-order valence-corrected chi connectivity index (χ1v) is 24.7. The van der Waals surface area contributed by atoms with Gasteiger partial charge in [0.05, 0.1) is 6.21 Å². The Bertz CT molecular complexity index is 2000. The van der Waals surface area contributed by atoms with Crippen LogP contribution in [0.5, 0.6) is 0 Å². The molecule has 4 aromatic heterocycles. The van der Waals surface area contributed by atoms with Crippen LogP contribution in [-0.2, 0) is 22.7 Å². The molecule has 0 saturated carbocycles. The summed E-state index contributed by atoms with van der Waals surface area (Å²) >= 11 is 0. The Morgan fingerprint density at radius 1 is 0.672 bits per heavy atom. The summed E-state index contributed by atoms with van der Waals surface area (Å²) in [6, 6.07) is 19.7. The van der Waals surface area contributed by atoms with Crippen LogP contribution < -0.4 is 14.5 Å². The van der Waals surface area contributed by atoms with Gasteiger partial charge in [-0.15, -0.1) is 0 Å². The molecule has 0 fully saturated rings. The van der Waals surface area contributed by atoms with E-state index in [0.717, 1.165) is 108 Å². The molecule has 0 spiro atoms. The zero-order chi connectivity index (χ0) is 45.2. The molecule has 1 amide bonds. The SMILES string of the molecule is CCC(CCCC(CCCC(C)c1cc[n+](CCCCCC(=O)O)cc1)c1ccncc1)c1cc[n+](CCCCCC(=O)NCCCCCC[N+]2=CC=NC2c2cccc(C)n2)cc1. The Hall–Kier alpha value is -5.12. The molecule has 1 aliphatic rings. The van der Waals surface area contributed by atoms with Crippen molar-refractivity contribution in [2.24, 2.45) is 4.99 Å². The molecule has 5 rings (SSSR count). The number of aliphatic carboxylic acids is 1. The number of rotatable bonds is 32. The quantitative estimate of drug-likeness (QED) is 0.0375. The number of amides is 1. The number of carboxylic acids is 1. The van der Waals surface area contributed by atoms with Crippen molar-refractivity contribution in [1.82, 2.24) is 15.3 Å². The number of nitrogens with one attached hydrogen (secondary N) is 1. The largest absolute Gasteiger partial charge is 0.481 e. The van der Waals surface area contributed by atoms with Crippen LogP contribution in [-0.4, -0.2) is 57.0 Å². The lowest BCUT2D eigenvalue weighted by Gasteiger charge is -2.21. The first-order valence-electron chi connectivity index (χ1n) is 24.7. The summed E-state index contributed by atoms with van der Waals surface area (Å²) in [5, 5.41) is 12.0. The van der Waals surface area contributed by atoms with Crippen molar-refractivity contribution in [2.45, 2.75) is 180 Å². The average Bonchev–Trinajstić information content (AvgIpc) is 3.78. The number of aliphatic imine (C=N–C) groups is 1. The molecule has 4 aromatic rings. The van der Waals surface area contributed by atoms with Gasteiger partial charge in [0, 0.05) is 81.0 Å². The standard InChI is InChI=1S/C54H76N7O3/c1-4-46(20-17-22-48(49-26-33-55-34-27-49)21-15-18-44(2)47-28-39-59(40-29-47)37-13-8-10-25-53(63)64)50-30-41-60(42-31-50)36-12-7-9-24-52(62)56-32-11-5-6-14-38-61-43-35-57-54(61)51-23-16-19-45(3)58-51/h16,19,23,26-31,33-35,39-44,46,48,54H,4-15,17-18,20-22,24-25,32,36-38H2,1-3H3/q+1/p+2.